The Morgan fingerprint density at radius 1 is 1.04 bits per heavy atom. The van der Waals surface area contributed by atoms with Gasteiger partial charge in [-0.25, -0.2) is 0 Å². The standard InChI is InChI=1S/C19H21NO4/c1-14(15-8-4-3-5-9-15)20-18(21)13-24-17-11-7-6-10-16(17)12-19(22)23-2/h3-11,14H,12-13H2,1-2H3,(H,20,21)/t14-/m0/s1. The number of hydrogen-bond donors (Lipinski definition) is 1. The van der Waals surface area contributed by atoms with Crippen molar-refractivity contribution < 1.29 is 19.1 Å². The second kappa shape index (κ2) is 8.72. The largest absolute Gasteiger partial charge is 0.483 e. The number of hydrogen-bond acceptors (Lipinski definition) is 4. The number of amides is 1. The van der Waals surface area contributed by atoms with Gasteiger partial charge in [-0.3, -0.25) is 9.59 Å². The zero-order valence-corrected chi connectivity index (χ0v) is 13.8. The van der Waals surface area contributed by atoms with E-state index >= 15 is 0 Å². The van der Waals surface area contributed by atoms with E-state index in [9.17, 15) is 9.59 Å². The van der Waals surface area contributed by atoms with Crippen LogP contribution in [-0.4, -0.2) is 25.6 Å². The lowest BCUT2D eigenvalue weighted by atomic mass is 10.1. The lowest BCUT2D eigenvalue weighted by molar-refractivity contribution is -0.139. The fourth-order valence-corrected chi connectivity index (χ4v) is 2.27. The summed E-state index contributed by atoms with van der Waals surface area (Å²) in [4.78, 5) is 23.5. The third-order valence-corrected chi connectivity index (χ3v) is 3.57. The van der Waals surface area contributed by atoms with E-state index in [-0.39, 0.29) is 30.9 Å². The van der Waals surface area contributed by atoms with Crippen LogP contribution in [0.3, 0.4) is 0 Å². The normalized spacial score (nSPS) is 11.4. The second-order valence-corrected chi connectivity index (χ2v) is 5.35. The van der Waals surface area contributed by atoms with Gasteiger partial charge in [0.25, 0.3) is 5.91 Å². The Labute approximate surface area is 141 Å². The van der Waals surface area contributed by atoms with Crippen LogP contribution < -0.4 is 10.1 Å². The van der Waals surface area contributed by atoms with Crippen LogP contribution >= 0.6 is 0 Å². The number of carbonyl (C=O) groups excluding carboxylic acids is 2. The Morgan fingerprint density at radius 2 is 1.71 bits per heavy atom. The zero-order chi connectivity index (χ0) is 17.4. The molecule has 2 aromatic carbocycles. The van der Waals surface area contributed by atoms with Crippen molar-refractivity contribution in [2.75, 3.05) is 13.7 Å². The monoisotopic (exact) mass is 327 g/mol. The summed E-state index contributed by atoms with van der Waals surface area (Å²) in [5.74, 6) is -0.0714. The van der Waals surface area contributed by atoms with Crippen molar-refractivity contribution >= 4 is 11.9 Å². The van der Waals surface area contributed by atoms with Gasteiger partial charge in [0, 0.05) is 5.56 Å². The van der Waals surface area contributed by atoms with Gasteiger partial charge in [0.2, 0.25) is 0 Å². The van der Waals surface area contributed by atoms with E-state index in [4.69, 9.17) is 4.74 Å². The average Bonchev–Trinajstić information content (AvgIpc) is 2.61. The highest BCUT2D eigenvalue weighted by Gasteiger charge is 2.12. The van der Waals surface area contributed by atoms with E-state index in [1.54, 1.807) is 18.2 Å². The van der Waals surface area contributed by atoms with Crippen LogP contribution in [-0.2, 0) is 20.7 Å². The Bertz CT molecular complexity index is 685. The number of esters is 1. The molecule has 24 heavy (non-hydrogen) atoms. The van der Waals surface area contributed by atoms with Crippen LogP contribution in [0, 0.1) is 0 Å². The molecule has 0 radical (unpaired) electrons. The summed E-state index contributed by atoms with van der Waals surface area (Å²) in [7, 11) is 1.34. The minimum Gasteiger partial charge on any atom is -0.483 e. The second-order valence-electron chi connectivity index (χ2n) is 5.35. The van der Waals surface area contributed by atoms with Gasteiger partial charge in [0.05, 0.1) is 19.6 Å². The van der Waals surface area contributed by atoms with E-state index in [1.807, 2.05) is 43.3 Å². The molecule has 126 valence electrons. The Kier molecular flexibility index (Phi) is 6.37. The molecule has 5 heteroatoms. The molecule has 0 aliphatic rings. The van der Waals surface area contributed by atoms with Crippen LogP contribution in [0.25, 0.3) is 0 Å². The molecule has 0 heterocycles. The summed E-state index contributed by atoms with van der Waals surface area (Å²) >= 11 is 0. The van der Waals surface area contributed by atoms with Gasteiger partial charge in [-0.2, -0.15) is 0 Å². The summed E-state index contributed by atoms with van der Waals surface area (Å²) in [6.07, 6.45) is 0.106. The lowest BCUT2D eigenvalue weighted by Gasteiger charge is -2.15. The highest BCUT2D eigenvalue weighted by atomic mass is 16.5. The number of benzene rings is 2. The van der Waals surface area contributed by atoms with Gasteiger partial charge in [-0.15, -0.1) is 0 Å². The summed E-state index contributed by atoms with van der Waals surface area (Å²) < 4.78 is 10.2. The Morgan fingerprint density at radius 3 is 2.42 bits per heavy atom. The van der Waals surface area contributed by atoms with Crippen LogP contribution in [0.5, 0.6) is 5.75 Å². The first-order valence-corrected chi connectivity index (χ1v) is 7.72. The van der Waals surface area contributed by atoms with Gasteiger partial charge >= 0.3 is 5.97 Å². The van der Waals surface area contributed by atoms with Gasteiger partial charge in [-0.1, -0.05) is 48.5 Å². The molecule has 2 rings (SSSR count). The number of ether oxygens (including phenoxy) is 2. The molecule has 1 atom stereocenters. The maximum Gasteiger partial charge on any atom is 0.310 e. The Balaban J connectivity index is 1.91. The molecule has 0 aliphatic carbocycles. The summed E-state index contributed by atoms with van der Waals surface area (Å²) in [6.45, 7) is 1.80. The van der Waals surface area contributed by atoms with Crippen molar-refractivity contribution in [3.05, 3.63) is 65.7 Å². The van der Waals surface area contributed by atoms with Crippen LogP contribution in [0.1, 0.15) is 24.1 Å². The minimum absolute atomic E-state index is 0.104. The molecule has 0 saturated heterocycles. The molecule has 0 unspecified atom stereocenters. The molecule has 0 aromatic heterocycles. The molecular formula is C19H21NO4. The zero-order valence-electron chi connectivity index (χ0n) is 13.8. The van der Waals surface area contributed by atoms with Gasteiger partial charge in [-0.05, 0) is 18.6 Å². The summed E-state index contributed by atoms with van der Waals surface area (Å²) in [6, 6.07) is 16.7. The molecule has 0 spiro atoms. The molecule has 0 bridgehead atoms. The topological polar surface area (TPSA) is 64.6 Å². The highest BCUT2D eigenvalue weighted by Crippen LogP contribution is 2.19. The predicted octanol–water partition coefficient (Wildman–Crippen LogP) is 2.66. The van der Waals surface area contributed by atoms with Gasteiger partial charge in [0.15, 0.2) is 6.61 Å². The summed E-state index contributed by atoms with van der Waals surface area (Å²) in [5.41, 5.74) is 1.71. The predicted molar refractivity (Wildman–Crippen MR) is 90.7 cm³/mol. The number of para-hydroxylation sites is 1. The first-order valence-electron chi connectivity index (χ1n) is 7.72. The van der Waals surface area contributed by atoms with Crippen molar-refractivity contribution in [1.82, 2.24) is 5.32 Å². The molecule has 2 aromatic rings. The highest BCUT2D eigenvalue weighted by molar-refractivity contribution is 5.78. The van der Waals surface area contributed by atoms with Crippen LogP contribution in [0.2, 0.25) is 0 Å². The first kappa shape index (κ1) is 17.5. The maximum absolute atomic E-state index is 12.1. The van der Waals surface area contributed by atoms with Gasteiger partial charge < -0.3 is 14.8 Å². The van der Waals surface area contributed by atoms with E-state index in [0.29, 0.717) is 11.3 Å². The molecule has 0 aliphatic heterocycles. The average molecular weight is 327 g/mol. The minimum atomic E-state index is -0.354. The number of nitrogens with one attached hydrogen (secondary N) is 1. The summed E-state index contributed by atoms with van der Waals surface area (Å²) in [5, 5.41) is 2.88. The lowest BCUT2D eigenvalue weighted by Crippen LogP contribution is -2.31. The van der Waals surface area contributed by atoms with Crippen molar-refractivity contribution in [1.29, 1.82) is 0 Å². The number of methoxy groups -OCH3 is 1. The number of carbonyl (C=O) groups is 2. The first-order chi connectivity index (χ1) is 11.6. The third-order valence-electron chi connectivity index (χ3n) is 3.57. The Hall–Kier alpha value is -2.82. The van der Waals surface area contributed by atoms with Crippen LogP contribution in [0.15, 0.2) is 54.6 Å². The molecule has 1 amide bonds. The quantitative estimate of drug-likeness (QED) is 0.794. The van der Waals surface area contributed by atoms with Crippen molar-refractivity contribution in [3.63, 3.8) is 0 Å². The SMILES string of the molecule is COC(=O)Cc1ccccc1OCC(=O)N[C@@H](C)c1ccccc1. The van der Waals surface area contributed by atoms with Crippen molar-refractivity contribution in [3.8, 4) is 5.75 Å². The third kappa shape index (κ3) is 5.12. The van der Waals surface area contributed by atoms with E-state index in [2.05, 4.69) is 10.1 Å². The smallest absolute Gasteiger partial charge is 0.310 e. The molecule has 5 nitrogen and oxygen atoms in total. The van der Waals surface area contributed by atoms with Crippen molar-refractivity contribution in [2.45, 2.75) is 19.4 Å². The van der Waals surface area contributed by atoms with E-state index < -0.39 is 0 Å². The van der Waals surface area contributed by atoms with Crippen LogP contribution in [0.4, 0.5) is 0 Å². The van der Waals surface area contributed by atoms with E-state index in [0.717, 1.165) is 5.56 Å². The molecular weight excluding hydrogens is 306 g/mol. The fourth-order valence-electron chi connectivity index (χ4n) is 2.27. The fraction of sp³-hybridized carbons (Fsp3) is 0.263. The molecule has 0 fully saturated rings. The maximum atomic E-state index is 12.1. The molecule has 1 N–H and O–H groups in total. The molecule has 0 saturated carbocycles. The van der Waals surface area contributed by atoms with E-state index in [1.165, 1.54) is 7.11 Å². The number of rotatable bonds is 7. The van der Waals surface area contributed by atoms with Gasteiger partial charge in [0.1, 0.15) is 5.75 Å². The van der Waals surface area contributed by atoms with Crippen molar-refractivity contribution in [2.24, 2.45) is 0 Å².